The predicted molar refractivity (Wildman–Crippen MR) is 80.7 cm³/mol. The molecule has 0 aromatic carbocycles. The van der Waals surface area contributed by atoms with Gasteiger partial charge in [0.05, 0.1) is 5.70 Å². The fraction of sp³-hybridized carbons (Fsp3) is 0.438. The van der Waals surface area contributed by atoms with E-state index in [1.165, 1.54) is 32.4 Å². The molecular weight excluding hydrogens is 286 g/mol. The lowest BCUT2D eigenvalue weighted by molar-refractivity contribution is -0.197. The SMILES string of the molecule is C=C[C@@]1(O)C=C(NC(=O)/C=C/C=C/C)C(OC)(OC)[C@@H]2O[C@@H]21. The average molecular weight is 307 g/mol. The Morgan fingerprint density at radius 2 is 2.09 bits per heavy atom. The van der Waals surface area contributed by atoms with Gasteiger partial charge in [0.2, 0.25) is 11.7 Å². The first-order chi connectivity index (χ1) is 10.5. The minimum absolute atomic E-state index is 0.286. The van der Waals surface area contributed by atoms with Crippen LogP contribution in [-0.4, -0.2) is 48.8 Å². The van der Waals surface area contributed by atoms with E-state index in [4.69, 9.17) is 14.2 Å². The van der Waals surface area contributed by atoms with E-state index in [-0.39, 0.29) is 11.6 Å². The number of fused-ring (bicyclic) bond motifs is 1. The highest BCUT2D eigenvalue weighted by Crippen LogP contribution is 2.49. The Balaban J connectivity index is 2.31. The number of epoxide rings is 1. The predicted octanol–water partition coefficient (Wildman–Crippen LogP) is 0.806. The zero-order chi connectivity index (χ0) is 16.4. The van der Waals surface area contributed by atoms with Gasteiger partial charge in [-0.05, 0) is 13.0 Å². The van der Waals surface area contributed by atoms with Crippen LogP contribution >= 0.6 is 0 Å². The van der Waals surface area contributed by atoms with Crippen molar-refractivity contribution in [1.29, 1.82) is 0 Å². The molecule has 1 fully saturated rings. The molecule has 2 aliphatic rings. The van der Waals surface area contributed by atoms with E-state index in [1.54, 1.807) is 18.2 Å². The summed E-state index contributed by atoms with van der Waals surface area (Å²) >= 11 is 0. The highest BCUT2D eigenvalue weighted by atomic mass is 16.7. The number of aliphatic hydroxyl groups is 1. The highest BCUT2D eigenvalue weighted by molar-refractivity contribution is 5.89. The van der Waals surface area contributed by atoms with E-state index >= 15 is 0 Å². The summed E-state index contributed by atoms with van der Waals surface area (Å²) in [6.07, 6.45) is 8.29. The molecule has 0 bridgehead atoms. The summed E-state index contributed by atoms with van der Waals surface area (Å²) in [5.41, 5.74) is -1.09. The molecule has 0 radical (unpaired) electrons. The lowest BCUT2D eigenvalue weighted by Gasteiger charge is -2.37. The first-order valence-electron chi connectivity index (χ1n) is 6.92. The fourth-order valence-electron chi connectivity index (χ4n) is 2.58. The Kier molecular flexibility index (Phi) is 4.67. The fourth-order valence-corrected chi connectivity index (χ4v) is 2.58. The summed E-state index contributed by atoms with van der Waals surface area (Å²) in [6.45, 7) is 5.46. The molecule has 1 aliphatic carbocycles. The number of allylic oxidation sites excluding steroid dienone is 3. The smallest absolute Gasteiger partial charge is 0.248 e. The van der Waals surface area contributed by atoms with Crippen LogP contribution in [0.1, 0.15) is 6.92 Å². The Morgan fingerprint density at radius 3 is 2.64 bits per heavy atom. The molecule has 2 N–H and O–H groups in total. The van der Waals surface area contributed by atoms with Crippen LogP contribution in [0.15, 0.2) is 48.7 Å². The Hall–Kier alpha value is -1.73. The molecule has 0 saturated carbocycles. The second kappa shape index (κ2) is 6.18. The van der Waals surface area contributed by atoms with Crippen LogP contribution in [0.4, 0.5) is 0 Å². The van der Waals surface area contributed by atoms with E-state index in [0.29, 0.717) is 0 Å². The van der Waals surface area contributed by atoms with Gasteiger partial charge in [-0.1, -0.05) is 30.9 Å². The molecule has 3 atom stereocenters. The van der Waals surface area contributed by atoms with Gasteiger partial charge in [0.1, 0.15) is 17.8 Å². The van der Waals surface area contributed by atoms with Crippen molar-refractivity contribution in [3.63, 3.8) is 0 Å². The van der Waals surface area contributed by atoms with Crippen LogP contribution < -0.4 is 5.32 Å². The Bertz CT molecular complexity index is 547. The van der Waals surface area contributed by atoms with Crippen LogP contribution in [0, 0.1) is 0 Å². The van der Waals surface area contributed by atoms with Crippen molar-refractivity contribution in [1.82, 2.24) is 5.32 Å². The van der Waals surface area contributed by atoms with Gasteiger partial charge in [-0.3, -0.25) is 4.79 Å². The zero-order valence-electron chi connectivity index (χ0n) is 12.9. The zero-order valence-corrected chi connectivity index (χ0v) is 12.9. The molecule has 6 heteroatoms. The third-order valence-electron chi connectivity index (χ3n) is 3.82. The first kappa shape index (κ1) is 16.6. The summed E-state index contributed by atoms with van der Waals surface area (Å²) in [7, 11) is 2.91. The summed E-state index contributed by atoms with van der Waals surface area (Å²) in [6, 6.07) is 0. The molecule has 0 unspecified atom stereocenters. The van der Waals surface area contributed by atoms with Crippen molar-refractivity contribution < 1.29 is 24.1 Å². The van der Waals surface area contributed by atoms with Gasteiger partial charge in [-0.15, -0.1) is 0 Å². The summed E-state index contributed by atoms with van der Waals surface area (Å²) < 4.78 is 16.4. The standard InChI is InChI=1S/C16H21NO5/c1-5-7-8-9-12(18)17-11-10-15(19,6-2)13-14(22-13)16(11,20-3)21-4/h5-10,13-14,19H,2H2,1,3-4H3,(H,17,18)/b7-5+,9-8+/t13-,14+,15+/m0/s1. The molecule has 1 heterocycles. The van der Waals surface area contributed by atoms with E-state index in [0.717, 1.165) is 0 Å². The maximum absolute atomic E-state index is 12.0. The average Bonchev–Trinajstić information content (AvgIpc) is 3.31. The lowest BCUT2D eigenvalue weighted by atomic mass is 9.85. The third kappa shape index (κ3) is 2.66. The number of rotatable bonds is 6. The molecule has 1 aliphatic heterocycles. The number of methoxy groups -OCH3 is 2. The maximum atomic E-state index is 12.0. The van der Waals surface area contributed by atoms with Crippen molar-refractivity contribution in [2.45, 2.75) is 30.5 Å². The quantitative estimate of drug-likeness (QED) is 0.249. The van der Waals surface area contributed by atoms with Crippen LogP contribution in [0.5, 0.6) is 0 Å². The summed E-state index contributed by atoms with van der Waals surface area (Å²) in [4.78, 5) is 12.0. The molecular formula is C16H21NO5. The van der Waals surface area contributed by atoms with Crippen LogP contribution in [0.3, 0.4) is 0 Å². The second-order valence-corrected chi connectivity index (χ2v) is 5.08. The number of hydrogen-bond donors (Lipinski definition) is 2. The van der Waals surface area contributed by atoms with Gasteiger partial charge >= 0.3 is 0 Å². The number of nitrogens with one attached hydrogen (secondary N) is 1. The van der Waals surface area contributed by atoms with Gasteiger partial charge in [-0.2, -0.15) is 0 Å². The number of ether oxygens (including phenoxy) is 3. The van der Waals surface area contributed by atoms with Crippen LogP contribution in [0.25, 0.3) is 0 Å². The van der Waals surface area contributed by atoms with E-state index in [9.17, 15) is 9.90 Å². The molecule has 0 spiro atoms. The number of amides is 1. The number of hydrogen-bond acceptors (Lipinski definition) is 5. The second-order valence-electron chi connectivity index (χ2n) is 5.08. The minimum atomic E-state index is -1.37. The first-order valence-corrected chi connectivity index (χ1v) is 6.92. The van der Waals surface area contributed by atoms with Gasteiger partial charge in [0, 0.05) is 20.3 Å². The summed E-state index contributed by atoms with van der Waals surface area (Å²) in [5, 5.41) is 13.2. The largest absolute Gasteiger partial charge is 0.379 e. The molecule has 22 heavy (non-hydrogen) atoms. The third-order valence-corrected chi connectivity index (χ3v) is 3.82. The molecule has 1 amide bonds. The minimum Gasteiger partial charge on any atom is -0.379 e. The van der Waals surface area contributed by atoms with Crippen molar-refractivity contribution >= 4 is 5.91 Å². The maximum Gasteiger partial charge on any atom is 0.248 e. The van der Waals surface area contributed by atoms with Crippen molar-refractivity contribution in [3.05, 3.63) is 48.7 Å². The Labute approximate surface area is 129 Å². The van der Waals surface area contributed by atoms with Gasteiger partial charge < -0.3 is 24.6 Å². The van der Waals surface area contributed by atoms with Crippen molar-refractivity contribution in [3.8, 4) is 0 Å². The van der Waals surface area contributed by atoms with Gasteiger partial charge in [0.25, 0.3) is 0 Å². The van der Waals surface area contributed by atoms with Gasteiger partial charge in [-0.25, -0.2) is 0 Å². The molecule has 1 saturated heterocycles. The lowest BCUT2D eigenvalue weighted by Crippen LogP contribution is -2.54. The van der Waals surface area contributed by atoms with E-state index in [2.05, 4.69) is 11.9 Å². The topological polar surface area (TPSA) is 80.3 Å². The van der Waals surface area contributed by atoms with E-state index in [1.807, 2.05) is 6.92 Å². The molecule has 0 aromatic heterocycles. The molecule has 6 nitrogen and oxygen atoms in total. The number of carbonyl (C=O) groups excluding carboxylic acids is 1. The van der Waals surface area contributed by atoms with Crippen LogP contribution in [-0.2, 0) is 19.0 Å². The van der Waals surface area contributed by atoms with E-state index < -0.39 is 23.6 Å². The van der Waals surface area contributed by atoms with Crippen molar-refractivity contribution in [2.24, 2.45) is 0 Å². The molecule has 0 aromatic rings. The molecule has 120 valence electrons. The Morgan fingerprint density at radius 1 is 1.41 bits per heavy atom. The molecule has 2 rings (SSSR count). The van der Waals surface area contributed by atoms with Crippen LogP contribution in [0.2, 0.25) is 0 Å². The number of carbonyl (C=O) groups is 1. The highest BCUT2D eigenvalue weighted by Gasteiger charge is 2.68. The summed E-state index contributed by atoms with van der Waals surface area (Å²) in [5.74, 6) is -1.63. The van der Waals surface area contributed by atoms with Crippen molar-refractivity contribution in [2.75, 3.05) is 14.2 Å². The monoisotopic (exact) mass is 307 g/mol. The van der Waals surface area contributed by atoms with Gasteiger partial charge in [0.15, 0.2) is 0 Å². The normalized spacial score (nSPS) is 32.6.